The second kappa shape index (κ2) is 5.23. The van der Waals surface area contributed by atoms with E-state index < -0.39 is 0 Å². The molecule has 3 rings (SSSR count). The van der Waals surface area contributed by atoms with Crippen molar-refractivity contribution < 1.29 is 0 Å². The quantitative estimate of drug-likeness (QED) is 0.879. The van der Waals surface area contributed by atoms with Crippen LogP contribution in [0.1, 0.15) is 32.4 Å². The van der Waals surface area contributed by atoms with Crippen LogP contribution >= 0.6 is 0 Å². The van der Waals surface area contributed by atoms with Crippen molar-refractivity contribution in [1.82, 2.24) is 15.2 Å². The van der Waals surface area contributed by atoms with E-state index >= 15 is 0 Å². The molecular formula is C17H25N3. The number of aromatic nitrogens is 1. The molecule has 3 nitrogen and oxygen atoms in total. The number of aromatic amines is 1. The van der Waals surface area contributed by atoms with Crippen molar-refractivity contribution in [3.63, 3.8) is 0 Å². The maximum atomic E-state index is 3.46. The summed E-state index contributed by atoms with van der Waals surface area (Å²) in [6, 6.07) is 9.31. The Labute approximate surface area is 121 Å². The van der Waals surface area contributed by atoms with Crippen LogP contribution in [0.4, 0.5) is 0 Å². The van der Waals surface area contributed by atoms with Crippen molar-refractivity contribution in [3.8, 4) is 0 Å². The van der Waals surface area contributed by atoms with Gasteiger partial charge in [-0.1, -0.05) is 32.9 Å². The number of piperazine rings is 1. The average Bonchev–Trinajstić information content (AvgIpc) is 2.88. The highest BCUT2D eigenvalue weighted by Gasteiger charge is 2.33. The molecule has 108 valence electrons. The highest BCUT2D eigenvalue weighted by molar-refractivity contribution is 5.83. The Balaban J connectivity index is 2.06. The number of H-pyrrole nitrogens is 1. The molecule has 1 aliphatic rings. The molecule has 1 atom stereocenters. The van der Waals surface area contributed by atoms with Gasteiger partial charge in [-0.25, -0.2) is 0 Å². The summed E-state index contributed by atoms with van der Waals surface area (Å²) in [5.74, 6) is 0. The third kappa shape index (κ3) is 2.48. The second-order valence-corrected chi connectivity index (χ2v) is 6.84. The fourth-order valence-electron chi connectivity index (χ4n) is 3.50. The number of fused-ring (bicyclic) bond motifs is 1. The van der Waals surface area contributed by atoms with Crippen molar-refractivity contribution in [2.24, 2.45) is 5.41 Å². The summed E-state index contributed by atoms with van der Waals surface area (Å²) in [6.45, 7) is 11.5. The van der Waals surface area contributed by atoms with E-state index in [0.29, 0.717) is 6.04 Å². The van der Waals surface area contributed by atoms with Crippen LogP contribution in [0.15, 0.2) is 30.5 Å². The summed E-state index contributed by atoms with van der Waals surface area (Å²) in [5.41, 5.74) is 2.92. The fraction of sp³-hybridized carbons (Fsp3) is 0.529. The van der Waals surface area contributed by atoms with Crippen molar-refractivity contribution in [2.45, 2.75) is 26.8 Å². The molecule has 1 fully saturated rings. The molecule has 3 heteroatoms. The van der Waals surface area contributed by atoms with E-state index in [-0.39, 0.29) is 5.41 Å². The van der Waals surface area contributed by atoms with Gasteiger partial charge in [0.15, 0.2) is 0 Å². The minimum Gasteiger partial charge on any atom is -0.361 e. The maximum absolute atomic E-state index is 3.46. The highest BCUT2D eigenvalue weighted by atomic mass is 15.2. The van der Waals surface area contributed by atoms with E-state index in [1.165, 1.54) is 16.5 Å². The van der Waals surface area contributed by atoms with Gasteiger partial charge in [-0.15, -0.1) is 0 Å². The Hall–Kier alpha value is -1.32. The van der Waals surface area contributed by atoms with Crippen molar-refractivity contribution >= 4 is 10.9 Å². The zero-order valence-electron chi connectivity index (χ0n) is 12.7. The Morgan fingerprint density at radius 1 is 1.10 bits per heavy atom. The average molecular weight is 271 g/mol. The SMILES string of the molecule is CC(C)(C)[C@H](c1cccc2[nH]ccc12)N1CCNCC1. The molecule has 0 aliphatic carbocycles. The van der Waals surface area contributed by atoms with Crippen LogP contribution < -0.4 is 5.32 Å². The summed E-state index contributed by atoms with van der Waals surface area (Å²) in [7, 11) is 0. The molecule has 2 N–H and O–H groups in total. The normalized spacial score (nSPS) is 19.4. The second-order valence-electron chi connectivity index (χ2n) is 6.84. The van der Waals surface area contributed by atoms with Gasteiger partial charge in [-0.3, -0.25) is 4.90 Å². The van der Waals surface area contributed by atoms with Crippen LogP contribution in [0.5, 0.6) is 0 Å². The molecular weight excluding hydrogens is 246 g/mol. The Kier molecular flexibility index (Phi) is 3.57. The topological polar surface area (TPSA) is 31.1 Å². The third-order valence-electron chi connectivity index (χ3n) is 4.26. The molecule has 0 amide bonds. The van der Waals surface area contributed by atoms with Gasteiger partial charge in [0.1, 0.15) is 0 Å². The minimum absolute atomic E-state index is 0.225. The van der Waals surface area contributed by atoms with Gasteiger partial charge in [-0.05, 0) is 23.1 Å². The lowest BCUT2D eigenvalue weighted by molar-refractivity contribution is 0.0873. The van der Waals surface area contributed by atoms with E-state index in [9.17, 15) is 0 Å². The summed E-state index contributed by atoms with van der Waals surface area (Å²) < 4.78 is 0. The van der Waals surface area contributed by atoms with Crippen LogP contribution in [0.2, 0.25) is 0 Å². The zero-order chi connectivity index (χ0) is 14.2. The highest BCUT2D eigenvalue weighted by Crippen LogP contribution is 2.40. The van der Waals surface area contributed by atoms with Crippen molar-refractivity contribution in [1.29, 1.82) is 0 Å². The first-order valence-corrected chi connectivity index (χ1v) is 7.58. The first kappa shape index (κ1) is 13.7. The van der Waals surface area contributed by atoms with Gasteiger partial charge < -0.3 is 10.3 Å². The lowest BCUT2D eigenvalue weighted by atomic mass is 9.80. The van der Waals surface area contributed by atoms with Gasteiger partial charge in [0.25, 0.3) is 0 Å². The molecule has 1 saturated heterocycles. The number of benzene rings is 1. The lowest BCUT2D eigenvalue weighted by Crippen LogP contribution is -2.48. The smallest absolute Gasteiger partial charge is 0.0457 e. The molecule has 2 aromatic rings. The van der Waals surface area contributed by atoms with Gasteiger partial charge >= 0.3 is 0 Å². The number of hydrogen-bond donors (Lipinski definition) is 2. The molecule has 0 spiro atoms. The number of rotatable bonds is 2. The number of nitrogens with one attached hydrogen (secondary N) is 2. The van der Waals surface area contributed by atoms with Crippen LogP contribution in [0.25, 0.3) is 10.9 Å². The van der Waals surface area contributed by atoms with Gasteiger partial charge in [0.05, 0.1) is 0 Å². The molecule has 0 bridgehead atoms. The first-order chi connectivity index (χ1) is 9.57. The Morgan fingerprint density at radius 2 is 1.85 bits per heavy atom. The summed E-state index contributed by atoms with van der Waals surface area (Å²) in [4.78, 5) is 5.98. The predicted octanol–water partition coefficient (Wildman–Crippen LogP) is 3.16. The molecule has 1 aromatic carbocycles. The van der Waals surface area contributed by atoms with E-state index in [0.717, 1.165) is 26.2 Å². The maximum Gasteiger partial charge on any atom is 0.0457 e. The van der Waals surface area contributed by atoms with Gasteiger partial charge in [0, 0.05) is 49.3 Å². The molecule has 20 heavy (non-hydrogen) atoms. The molecule has 1 aliphatic heterocycles. The summed E-state index contributed by atoms with van der Waals surface area (Å²) >= 11 is 0. The van der Waals surface area contributed by atoms with E-state index in [4.69, 9.17) is 0 Å². The van der Waals surface area contributed by atoms with Crippen LogP contribution in [-0.4, -0.2) is 36.1 Å². The van der Waals surface area contributed by atoms with Crippen LogP contribution in [-0.2, 0) is 0 Å². The lowest BCUT2D eigenvalue weighted by Gasteiger charge is -2.43. The number of hydrogen-bond acceptors (Lipinski definition) is 2. The minimum atomic E-state index is 0.225. The van der Waals surface area contributed by atoms with Gasteiger partial charge in [0.2, 0.25) is 0 Å². The van der Waals surface area contributed by atoms with Crippen molar-refractivity contribution in [3.05, 3.63) is 36.0 Å². The first-order valence-electron chi connectivity index (χ1n) is 7.58. The number of nitrogens with zero attached hydrogens (tertiary/aromatic N) is 1. The Morgan fingerprint density at radius 3 is 2.55 bits per heavy atom. The van der Waals surface area contributed by atoms with Crippen LogP contribution in [0, 0.1) is 5.41 Å². The predicted molar refractivity (Wildman–Crippen MR) is 84.9 cm³/mol. The molecule has 0 radical (unpaired) electrons. The standard InChI is InChI=1S/C17H25N3/c1-17(2,3)16(20-11-9-18-10-12-20)14-5-4-6-15-13(14)7-8-19-15/h4-8,16,18-19H,9-12H2,1-3H3/t16-/m0/s1. The van der Waals surface area contributed by atoms with E-state index in [1.54, 1.807) is 0 Å². The molecule has 2 heterocycles. The van der Waals surface area contributed by atoms with Crippen LogP contribution in [0.3, 0.4) is 0 Å². The van der Waals surface area contributed by atoms with Crippen molar-refractivity contribution in [2.75, 3.05) is 26.2 Å². The van der Waals surface area contributed by atoms with E-state index in [1.807, 2.05) is 6.20 Å². The largest absolute Gasteiger partial charge is 0.361 e. The molecule has 0 saturated carbocycles. The Bertz CT molecular complexity index is 573. The fourth-order valence-corrected chi connectivity index (χ4v) is 3.50. The third-order valence-corrected chi connectivity index (χ3v) is 4.26. The molecule has 1 aromatic heterocycles. The molecule has 0 unspecified atom stereocenters. The monoisotopic (exact) mass is 271 g/mol. The summed E-state index contributed by atoms with van der Waals surface area (Å²) in [5, 5.41) is 4.82. The van der Waals surface area contributed by atoms with E-state index in [2.05, 4.69) is 60.2 Å². The zero-order valence-corrected chi connectivity index (χ0v) is 12.7. The van der Waals surface area contributed by atoms with Gasteiger partial charge in [-0.2, -0.15) is 0 Å². The summed E-state index contributed by atoms with van der Waals surface area (Å²) in [6.07, 6.45) is 2.05.